The van der Waals surface area contributed by atoms with Crippen LogP contribution in [0.5, 0.6) is 5.75 Å². The summed E-state index contributed by atoms with van der Waals surface area (Å²) in [7, 11) is 1.57. The Hall–Kier alpha value is -1.88. The van der Waals surface area contributed by atoms with Crippen LogP contribution in [0.1, 0.15) is 15.9 Å². The summed E-state index contributed by atoms with van der Waals surface area (Å²) in [5.41, 5.74) is 1.67. The minimum absolute atomic E-state index is 0.0603. The average molecular weight is 276 g/mol. The Kier molecular flexibility index (Phi) is 4.74. The molecule has 0 unspecified atom stereocenters. The molecule has 1 aliphatic heterocycles. The lowest BCUT2D eigenvalue weighted by Crippen LogP contribution is -2.47. The van der Waals surface area contributed by atoms with E-state index in [9.17, 15) is 9.59 Å². The molecule has 108 valence electrons. The fourth-order valence-corrected chi connectivity index (χ4v) is 2.35. The van der Waals surface area contributed by atoms with Gasteiger partial charge in [0, 0.05) is 26.2 Å². The number of hydrogen-bond donors (Lipinski definition) is 0. The summed E-state index contributed by atoms with van der Waals surface area (Å²) in [6, 6.07) is 5.62. The maximum atomic E-state index is 12.4. The second kappa shape index (κ2) is 6.52. The molecule has 0 spiro atoms. The molecule has 0 atom stereocenters. The number of methoxy groups -OCH3 is 1. The summed E-state index contributed by atoms with van der Waals surface area (Å²) < 4.78 is 5.25. The van der Waals surface area contributed by atoms with Gasteiger partial charge in [0.15, 0.2) is 5.78 Å². The lowest BCUT2D eigenvalue weighted by Gasteiger charge is -2.32. The first-order valence-corrected chi connectivity index (χ1v) is 6.73. The van der Waals surface area contributed by atoms with E-state index >= 15 is 0 Å². The summed E-state index contributed by atoms with van der Waals surface area (Å²) in [5.74, 6) is 0.678. The minimum Gasteiger partial charge on any atom is -0.496 e. The number of piperazine rings is 1. The van der Waals surface area contributed by atoms with E-state index in [4.69, 9.17) is 4.74 Å². The number of ketones is 1. The van der Waals surface area contributed by atoms with Crippen molar-refractivity contribution in [2.45, 2.75) is 6.92 Å². The van der Waals surface area contributed by atoms with Crippen molar-refractivity contribution >= 4 is 12.2 Å². The third-order valence-corrected chi connectivity index (χ3v) is 3.58. The quantitative estimate of drug-likeness (QED) is 0.594. The zero-order valence-corrected chi connectivity index (χ0v) is 12.0. The van der Waals surface area contributed by atoms with Crippen LogP contribution in [0.4, 0.5) is 0 Å². The van der Waals surface area contributed by atoms with E-state index in [0.29, 0.717) is 30.9 Å². The van der Waals surface area contributed by atoms with Gasteiger partial charge < -0.3 is 9.64 Å². The number of amides is 1. The van der Waals surface area contributed by atoms with Crippen LogP contribution in [0.15, 0.2) is 18.2 Å². The standard InChI is InChI=1S/C15H20N2O3/c1-12-3-4-15(20-2)13(9-12)14(19)10-16-5-7-17(11-18)8-6-16/h3-4,9,11H,5-8,10H2,1-2H3. The van der Waals surface area contributed by atoms with E-state index in [2.05, 4.69) is 4.90 Å². The van der Waals surface area contributed by atoms with E-state index in [1.807, 2.05) is 25.1 Å². The Bertz CT molecular complexity index is 494. The van der Waals surface area contributed by atoms with Crippen LogP contribution in [0.3, 0.4) is 0 Å². The molecule has 1 heterocycles. The highest BCUT2D eigenvalue weighted by atomic mass is 16.5. The topological polar surface area (TPSA) is 49.9 Å². The highest BCUT2D eigenvalue weighted by Crippen LogP contribution is 2.20. The van der Waals surface area contributed by atoms with Gasteiger partial charge in [0.1, 0.15) is 5.75 Å². The van der Waals surface area contributed by atoms with Crippen LogP contribution in [0.2, 0.25) is 0 Å². The minimum atomic E-state index is 0.0603. The van der Waals surface area contributed by atoms with Gasteiger partial charge in [0.05, 0.1) is 19.2 Å². The highest BCUT2D eigenvalue weighted by molar-refractivity contribution is 6.00. The number of carbonyl (C=O) groups excluding carboxylic acids is 2. The fraction of sp³-hybridized carbons (Fsp3) is 0.467. The maximum Gasteiger partial charge on any atom is 0.209 e. The third kappa shape index (κ3) is 3.36. The Morgan fingerprint density at radius 2 is 2.00 bits per heavy atom. The molecule has 0 N–H and O–H groups in total. The maximum absolute atomic E-state index is 12.4. The molecule has 0 bridgehead atoms. The lowest BCUT2D eigenvalue weighted by molar-refractivity contribution is -0.119. The first-order valence-electron chi connectivity index (χ1n) is 6.73. The van der Waals surface area contributed by atoms with Crippen molar-refractivity contribution in [3.05, 3.63) is 29.3 Å². The van der Waals surface area contributed by atoms with Crippen molar-refractivity contribution in [1.29, 1.82) is 0 Å². The van der Waals surface area contributed by atoms with Crippen molar-refractivity contribution in [2.75, 3.05) is 39.8 Å². The molecule has 20 heavy (non-hydrogen) atoms. The molecular formula is C15H20N2O3. The van der Waals surface area contributed by atoms with Gasteiger partial charge in [-0.25, -0.2) is 0 Å². The zero-order valence-electron chi connectivity index (χ0n) is 12.0. The largest absolute Gasteiger partial charge is 0.496 e. The monoisotopic (exact) mass is 276 g/mol. The normalized spacial score (nSPS) is 16.0. The van der Waals surface area contributed by atoms with Crippen LogP contribution < -0.4 is 4.74 Å². The van der Waals surface area contributed by atoms with Crippen molar-refractivity contribution < 1.29 is 14.3 Å². The zero-order chi connectivity index (χ0) is 14.5. The molecule has 2 rings (SSSR count). The molecule has 1 amide bonds. The molecule has 0 saturated carbocycles. The highest BCUT2D eigenvalue weighted by Gasteiger charge is 2.20. The Morgan fingerprint density at radius 1 is 1.30 bits per heavy atom. The first kappa shape index (κ1) is 14.5. The molecule has 1 aromatic rings. The van der Waals surface area contributed by atoms with E-state index in [1.165, 1.54) is 0 Å². The molecule has 5 heteroatoms. The van der Waals surface area contributed by atoms with Crippen LogP contribution in [0.25, 0.3) is 0 Å². The number of Topliss-reactive ketones (excluding diaryl/α,β-unsaturated/α-hetero) is 1. The Balaban J connectivity index is 2.02. The average Bonchev–Trinajstić information content (AvgIpc) is 2.48. The molecule has 1 saturated heterocycles. The van der Waals surface area contributed by atoms with Crippen LogP contribution in [-0.4, -0.2) is 61.8 Å². The Morgan fingerprint density at radius 3 is 2.60 bits per heavy atom. The van der Waals surface area contributed by atoms with Gasteiger partial charge in [-0.2, -0.15) is 0 Å². The molecule has 1 fully saturated rings. The summed E-state index contributed by atoms with van der Waals surface area (Å²) >= 11 is 0. The number of hydrogen-bond acceptors (Lipinski definition) is 4. The molecular weight excluding hydrogens is 256 g/mol. The summed E-state index contributed by atoms with van der Waals surface area (Å²) in [6.07, 6.45) is 0.864. The van der Waals surface area contributed by atoms with Crippen LogP contribution in [-0.2, 0) is 4.79 Å². The van der Waals surface area contributed by atoms with E-state index < -0.39 is 0 Å². The van der Waals surface area contributed by atoms with E-state index in [1.54, 1.807) is 12.0 Å². The summed E-state index contributed by atoms with van der Waals surface area (Å²) in [6.45, 7) is 5.16. The summed E-state index contributed by atoms with van der Waals surface area (Å²) in [5, 5.41) is 0. The predicted molar refractivity (Wildman–Crippen MR) is 76.1 cm³/mol. The second-order valence-corrected chi connectivity index (χ2v) is 5.04. The van der Waals surface area contributed by atoms with Gasteiger partial charge in [-0.15, -0.1) is 0 Å². The second-order valence-electron chi connectivity index (χ2n) is 5.04. The first-order chi connectivity index (χ1) is 9.63. The van der Waals surface area contributed by atoms with E-state index in [-0.39, 0.29) is 5.78 Å². The molecule has 1 aliphatic rings. The predicted octanol–water partition coefficient (Wildman–Crippen LogP) is 0.960. The molecule has 0 aliphatic carbocycles. The Labute approximate surface area is 119 Å². The van der Waals surface area contributed by atoms with E-state index in [0.717, 1.165) is 25.1 Å². The van der Waals surface area contributed by atoms with Crippen molar-refractivity contribution in [3.8, 4) is 5.75 Å². The fourth-order valence-electron chi connectivity index (χ4n) is 2.35. The van der Waals surface area contributed by atoms with Gasteiger partial charge in [-0.1, -0.05) is 11.6 Å². The third-order valence-electron chi connectivity index (χ3n) is 3.58. The summed E-state index contributed by atoms with van der Waals surface area (Å²) in [4.78, 5) is 26.9. The molecule has 0 aromatic heterocycles. The molecule has 1 aromatic carbocycles. The number of ether oxygens (including phenoxy) is 1. The van der Waals surface area contributed by atoms with Crippen LogP contribution >= 0.6 is 0 Å². The number of carbonyl (C=O) groups is 2. The van der Waals surface area contributed by atoms with Gasteiger partial charge in [0.2, 0.25) is 6.41 Å². The smallest absolute Gasteiger partial charge is 0.209 e. The van der Waals surface area contributed by atoms with Gasteiger partial charge in [0.25, 0.3) is 0 Å². The van der Waals surface area contributed by atoms with Crippen molar-refractivity contribution in [1.82, 2.24) is 9.80 Å². The number of rotatable bonds is 5. The SMILES string of the molecule is COc1ccc(C)cc1C(=O)CN1CCN(C=O)CC1. The van der Waals surface area contributed by atoms with Gasteiger partial charge >= 0.3 is 0 Å². The van der Waals surface area contributed by atoms with Crippen molar-refractivity contribution in [2.24, 2.45) is 0 Å². The lowest BCUT2D eigenvalue weighted by atomic mass is 10.1. The van der Waals surface area contributed by atoms with Crippen molar-refractivity contribution in [3.63, 3.8) is 0 Å². The van der Waals surface area contributed by atoms with Gasteiger partial charge in [-0.3, -0.25) is 14.5 Å². The van der Waals surface area contributed by atoms with Crippen LogP contribution in [0, 0.1) is 6.92 Å². The number of aryl methyl sites for hydroxylation is 1. The molecule has 0 radical (unpaired) electrons. The number of benzene rings is 1. The number of nitrogens with zero attached hydrogens (tertiary/aromatic N) is 2. The van der Waals surface area contributed by atoms with Gasteiger partial charge in [-0.05, 0) is 19.1 Å². The molecule has 5 nitrogen and oxygen atoms in total.